The summed E-state index contributed by atoms with van der Waals surface area (Å²) in [7, 11) is 0. The van der Waals surface area contributed by atoms with Crippen LogP contribution >= 0.6 is 11.6 Å². The lowest BCUT2D eigenvalue weighted by molar-refractivity contribution is -0.670. The fourth-order valence-electron chi connectivity index (χ4n) is 1.90. The van der Waals surface area contributed by atoms with Gasteiger partial charge in [-0.3, -0.25) is 0 Å². The highest BCUT2D eigenvalue weighted by molar-refractivity contribution is 6.32. The van der Waals surface area contributed by atoms with Gasteiger partial charge in [-0.2, -0.15) is 0 Å². The largest absolute Gasteiger partial charge is 0.490 e. The van der Waals surface area contributed by atoms with Crippen molar-refractivity contribution in [2.45, 2.75) is 40.2 Å². The molecule has 0 saturated heterocycles. The number of hydrogen-bond donors (Lipinski definition) is 1. The Labute approximate surface area is 121 Å². The van der Waals surface area contributed by atoms with Crippen LogP contribution in [0.15, 0.2) is 12.1 Å². The molecule has 0 bridgehead atoms. The topological polar surface area (TPSA) is 35.1 Å². The normalized spacial score (nSPS) is 10.5. The first-order chi connectivity index (χ1) is 9.22. The van der Waals surface area contributed by atoms with Gasteiger partial charge in [0.15, 0.2) is 11.5 Å². The van der Waals surface area contributed by atoms with E-state index in [-0.39, 0.29) is 0 Å². The van der Waals surface area contributed by atoms with Gasteiger partial charge in [-0.1, -0.05) is 24.9 Å². The van der Waals surface area contributed by atoms with Gasteiger partial charge >= 0.3 is 0 Å². The molecule has 4 heteroatoms. The molecule has 0 aliphatic carbocycles. The Bertz CT molecular complexity index is 383. The number of halogens is 1. The second-order valence-electron chi connectivity index (χ2n) is 4.41. The molecule has 0 aliphatic heterocycles. The molecule has 3 nitrogen and oxygen atoms in total. The first-order valence-corrected chi connectivity index (χ1v) is 7.50. The van der Waals surface area contributed by atoms with E-state index >= 15 is 0 Å². The lowest BCUT2D eigenvalue weighted by Gasteiger charge is -2.14. The van der Waals surface area contributed by atoms with Crippen molar-refractivity contribution in [3.05, 3.63) is 22.7 Å². The number of unbranched alkanes of at least 4 members (excludes halogenated alkanes) is 1. The summed E-state index contributed by atoms with van der Waals surface area (Å²) in [5.41, 5.74) is 1.17. The summed E-state index contributed by atoms with van der Waals surface area (Å²) in [5, 5.41) is 2.93. The molecule has 0 radical (unpaired) electrons. The summed E-state index contributed by atoms with van der Waals surface area (Å²) in [6.07, 6.45) is 2.47. The quantitative estimate of drug-likeness (QED) is 0.708. The zero-order chi connectivity index (χ0) is 14.1. The van der Waals surface area contributed by atoms with E-state index in [0.717, 1.165) is 18.8 Å². The monoisotopic (exact) mass is 286 g/mol. The van der Waals surface area contributed by atoms with Crippen molar-refractivity contribution in [2.24, 2.45) is 0 Å². The van der Waals surface area contributed by atoms with E-state index in [2.05, 4.69) is 12.2 Å². The molecule has 0 aliphatic rings. The standard InChI is InChI=1S/C15H24ClNO2/c1-4-7-8-17-11-12-9-13(16)15(19-6-3)14(10-12)18-5-2/h9-10,17H,4-8,11H2,1-3H3/p+1. The average Bonchev–Trinajstić information content (AvgIpc) is 2.39. The molecular formula is C15H25ClNO2+. The molecule has 0 amide bonds. The SMILES string of the molecule is CCCC[NH2+]Cc1cc(Cl)c(OCC)c(OCC)c1. The number of nitrogens with two attached hydrogens (primary N) is 1. The van der Waals surface area contributed by atoms with Crippen LogP contribution in [0.3, 0.4) is 0 Å². The van der Waals surface area contributed by atoms with Crippen LogP contribution in [0.5, 0.6) is 11.5 Å². The lowest BCUT2D eigenvalue weighted by atomic mass is 10.2. The predicted molar refractivity (Wildman–Crippen MR) is 79.2 cm³/mol. The van der Waals surface area contributed by atoms with E-state index in [1.54, 1.807) is 0 Å². The van der Waals surface area contributed by atoms with Crippen molar-refractivity contribution in [2.75, 3.05) is 19.8 Å². The van der Waals surface area contributed by atoms with Crippen molar-refractivity contribution in [1.82, 2.24) is 0 Å². The zero-order valence-electron chi connectivity index (χ0n) is 12.2. The Morgan fingerprint density at radius 1 is 1.11 bits per heavy atom. The third-order valence-electron chi connectivity index (χ3n) is 2.80. The molecule has 0 saturated carbocycles. The zero-order valence-corrected chi connectivity index (χ0v) is 12.9. The van der Waals surface area contributed by atoms with Crippen molar-refractivity contribution in [3.8, 4) is 11.5 Å². The van der Waals surface area contributed by atoms with Crippen LogP contribution in [0.1, 0.15) is 39.2 Å². The van der Waals surface area contributed by atoms with Gasteiger partial charge in [0.05, 0.1) is 24.8 Å². The minimum absolute atomic E-state index is 0.585. The average molecular weight is 287 g/mol. The fourth-order valence-corrected chi connectivity index (χ4v) is 2.19. The summed E-state index contributed by atoms with van der Waals surface area (Å²) in [5.74, 6) is 1.40. The van der Waals surface area contributed by atoms with Gasteiger partial charge in [0.2, 0.25) is 0 Å². The Hall–Kier alpha value is -0.930. The molecule has 108 valence electrons. The summed E-state index contributed by atoms with van der Waals surface area (Å²) in [4.78, 5) is 0. The van der Waals surface area contributed by atoms with Crippen LogP contribution in [0.25, 0.3) is 0 Å². The van der Waals surface area contributed by atoms with Crippen molar-refractivity contribution >= 4 is 11.6 Å². The van der Waals surface area contributed by atoms with Crippen LogP contribution in [0, 0.1) is 0 Å². The Morgan fingerprint density at radius 3 is 2.47 bits per heavy atom. The van der Waals surface area contributed by atoms with E-state index in [1.807, 2.05) is 26.0 Å². The minimum atomic E-state index is 0.585. The van der Waals surface area contributed by atoms with Gasteiger partial charge in [0, 0.05) is 5.56 Å². The molecule has 0 spiro atoms. The molecule has 0 aromatic heterocycles. The van der Waals surface area contributed by atoms with Crippen LogP contribution in [0.4, 0.5) is 0 Å². The highest BCUT2D eigenvalue weighted by Gasteiger charge is 2.12. The Balaban J connectivity index is 2.77. The summed E-state index contributed by atoms with van der Waals surface area (Å²) < 4.78 is 11.2. The predicted octanol–water partition coefficient (Wildman–Crippen LogP) is 3.00. The molecule has 0 heterocycles. The molecule has 0 atom stereocenters. The molecular weight excluding hydrogens is 262 g/mol. The molecule has 0 fully saturated rings. The van der Waals surface area contributed by atoms with E-state index in [0.29, 0.717) is 24.0 Å². The van der Waals surface area contributed by atoms with Crippen LogP contribution in [-0.2, 0) is 6.54 Å². The van der Waals surface area contributed by atoms with Crippen LogP contribution in [-0.4, -0.2) is 19.8 Å². The van der Waals surface area contributed by atoms with Crippen molar-refractivity contribution in [3.63, 3.8) is 0 Å². The lowest BCUT2D eigenvalue weighted by Crippen LogP contribution is -2.82. The molecule has 1 rings (SSSR count). The third-order valence-corrected chi connectivity index (χ3v) is 3.08. The number of benzene rings is 1. The molecule has 0 unspecified atom stereocenters. The second-order valence-corrected chi connectivity index (χ2v) is 4.81. The maximum absolute atomic E-state index is 6.27. The Kier molecular flexibility index (Phi) is 7.68. The summed E-state index contributed by atoms with van der Waals surface area (Å²) in [6, 6.07) is 4.00. The fraction of sp³-hybridized carbons (Fsp3) is 0.600. The highest BCUT2D eigenvalue weighted by Crippen LogP contribution is 2.36. The highest BCUT2D eigenvalue weighted by atomic mass is 35.5. The molecule has 1 aromatic rings. The first kappa shape index (κ1) is 16.1. The van der Waals surface area contributed by atoms with Gasteiger partial charge in [0.1, 0.15) is 6.54 Å². The molecule has 1 aromatic carbocycles. The summed E-state index contributed by atoms with van der Waals surface area (Å²) in [6.45, 7) is 9.37. The minimum Gasteiger partial charge on any atom is -0.490 e. The smallest absolute Gasteiger partial charge is 0.179 e. The molecule has 19 heavy (non-hydrogen) atoms. The van der Waals surface area contributed by atoms with E-state index < -0.39 is 0 Å². The van der Waals surface area contributed by atoms with Gasteiger partial charge in [-0.05, 0) is 32.4 Å². The van der Waals surface area contributed by atoms with Gasteiger partial charge < -0.3 is 14.8 Å². The van der Waals surface area contributed by atoms with Crippen LogP contribution < -0.4 is 14.8 Å². The molecule has 2 N–H and O–H groups in total. The van der Waals surface area contributed by atoms with Crippen molar-refractivity contribution in [1.29, 1.82) is 0 Å². The second kappa shape index (κ2) is 9.05. The van der Waals surface area contributed by atoms with Gasteiger partial charge in [-0.15, -0.1) is 0 Å². The van der Waals surface area contributed by atoms with E-state index in [9.17, 15) is 0 Å². The maximum atomic E-state index is 6.27. The number of rotatable bonds is 9. The Morgan fingerprint density at radius 2 is 1.84 bits per heavy atom. The first-order valence-electron chi connectivity index (χ1n) is 7.12. The maximum Gasteiger partial charge on any atom is 0.179 e. The number of hydrogen-bond acceptors (Lipinski definition) is 2. The van der Waals surface area contributed by atoms with E-state index in [4.69, 9.17) is 21.1 Å². The van der Waals surface area contributed by atoms with E-state index in [1.165, 1.54) is 18.4 Å². The third kappa shape index (κ3) is 5.29. The number of quaternary nitrogens is 1. The van der Waals surface area contributed by atoms with Crippen molar-refractivity contribution < 1.29 is 14.8 Å². The number of ether oxygens (including phenoxy) is 2. The summed E-state index contributed by atoms with van der Waals surface area (Å²) >= 11 is 6.27. The van der Waals surface area contributed by atoms with Crippen LogP contribution in [0.2, 0.25) is 5.02 Å². The van der Waals surface area contributed by atoms with Gasteiger partial charge in [0.25, 0.3) is 0 Å². The van der Waals surface area contributed by atoms with Gasteiger partial charge in [-0.25, -0.2) is 0 Å².